The summed E-state index contributed by atoms with van der Waals surface area (Å²) in [6.45, 7) is 0.569. The molecular weight excluding hydrogens is 242 g/mol. The van der Waals surface area contributed by atoms with Crippen molar-refractivity contribution < 1.29 is 9.21 Å². The first-order valence-corrected chi connectivity index (χ1v) is 6.33. The molecular formula is C14H15N3O2. The first-order chi connectivity index (χ1) is 9.31. The van der Waals surface area contributed by atoms with Crippen molar-refractivity contribution in [1.82, 2.24) is 4.98 Å². The molecule has 0 aliphatic heterocycles. The first-order valence-electron chi connectivity index (χ1n) is 6.33. The van der Waals surface area contributed by atoms with E-state index in [1.54, 1.807) is 6.20 Å². The van der Waals surface area contributed by atoms with Crippen LogP contribution in [-0.4, -0.2) is 10.9 Å². The highest BCUT2D eigenvalue weighted by molar-refractivity contribution is 5.94. The van der Waals surface area contributed by atoms with E-state index in [0.717, 1.165) is 30.0 Å². The number of amides is 1. The Labute approximate surface area is 111 Å². The minimum absolute atomic E-state index is 0.118. The third kappa shape index (κ3) is 3.13. The van der Waals surface area contributed by atoms with Crippen LogP contribution in [-0.2, 0) is 11.3 Å². The van der Waals surface area contributed by atoms with E-state index >= 15 is 0 Å². The molecule has 0 spiro atoms. The lowest BCUT2D eigenvalue weighted by atomic mass is 10.2. The summed E-state index contributed by atoms with van der Waals surface area (Å²) in [5, 5.41) is 6.14. The van der Waals surface area contributed by atoms with Gasteiger partial charge in [0.15, 0.2) is 6.39 Å². The number of hydrogen-bond acceptors (Lipinski definition) is 4. The summed E-state index contributed by atoms with van der Waals surface area (Å²) in [5.41, 5.74) is 1.75. The number of benzene rings is 1. The van der Waals surface area contributed by atoms with E-state index in [-0.39, 0.29) is 11.8 Å². The Morgan fingerprint density at radius 2 is 2.21 bits per heavy atom. The van der Waals surface area contributed by atoms with Crippen LogP contribution >= 0.6 is 0 Å². The van der Waals surface area contributed by atoms with Crippen LogP contribution in [0.5, 0.6) is 0 Å². The van der Waals surface area contributed by atoms with Gasteiger partial charge in [0.25, 0.3) is 0 Å². The van der Waals surface area contributed by atoms with Gasteiger partial charge in [-0.05, 0) is 31.0 Å². The molecule has 1 aromatic heterocycles. The van der Waals surface area contributed by atoms with Gasteiger partial charge >= 0.3 is 0 Å². The average molecular weight is 257 g/mol. The highest BCUT2D eigenvalue weighted by Gasteiger charge is 2.29. The van der Waals surface area contributed by atoms with Crippen molar-refractivity contribution in [3.8, 4) is 0 Å². The number of carbonyl (C=O) groups is 1. The lowest BCUT2D eigenvalue weighted by Crippen LogP contribution is -2.13. The van der Waals surface area contributed by atoms with E-state index in [9.17, 15) is 4.79 Å². The Hall–Kier alpha value is -2.30. The molecule has 1 saturated carbocycles. The van der Waals surface area contributed by atoms with Gasteiger partial charge in [0.1, 0.15) is 5.76 Å². The normalized spacial score (nSPS) is 14.1. The lowest BCUT2D eigenvalue weighted by molar-refractivity contribution is -0.117. The van der Waals surface area contributed by atoms with Gasteiger partial charge in [0.2, 0.25) is 5.91 Å². The summed E-state index contributed by atoms with van der Waals surface area (Å²) in [6.07, 6.45) is 5.10. The number of rotatable bonds is 5. The predicted octanol–water partition coefficient (Wildman–Crippen LogP) is 2.64. The monoisotopic (exact) mass is 257 g/mol. The van der Waals surface area contributed by atoms with E-state index in [1.807, 2.05) is 24.3 Å². The summed E-state index contributed by atoms with van der Waals surface area (Å²) in [6, 6.07) is 7.66. The molecule has 19 heavy (non-hydrogen) atoms. The number of oxazole rings is 1. The fourth-order valence-corrected chi connectivity index (χ4v) is 1.82. The summed E-state index contributed by atoms with van der Waals surface area (Å²) in [4.78, 5) is 15.5. The van der Waals surface area contributed by atoms with Crippen molar-refractivity contribution in [1.29, 1.82) is 0 Å². The van der Waals surface area contributed by atoms with Gasteiger partial charge in [-0.15, -0.1) is 0 Å². The van der Waals surface area contributed by atoms with Gasteiger partial charge < -0.3 is 15.1 Å². The molecule has 0 atom stereocenters. The molecule has 0 saturated heterocycles. The number of anilines is 2. The average Bonchev–Trinajstić information content (AvgIpc) is 3.14. The summed E-state index contributed by atoms with van der Waals surface area (Å²) < 4.78 is 5.15. The van der Waals surface area contributed by atoms with Crippen LogP contribution in [0.15, 0.2) is 41.3 Å². The maximum Gasteiger partial charge on any atom is 0.227 e. The molecule has 5 heteroatoms. The van der Waals surface area contributed by atoms with E-state index in [4.69, 9.17) is 4.42 Å². The predicted molar refractivity (Wildman–Crippen MR) is 71.6 cm³/mol. The molecule has 1 amide bonds. The van der Waals surface area contributed by atoms with Gasteiger partial charge in [0, 0.05) is 17.3 Å². The molecule has 3 rings (SSSR count). The quantitative estimate of drug-likeness (QED) is 0.864. The standard InChI is InChI=1S/C14H15N3O2/c18-14(10-4-5-10)17-12-3-1-2-11(6-12)16-8-13-7-15-9-19-13/h1-3,6-7,9-10,16H,4-5,8H2,(H,17,18). The number of hydrogen-bond donors (Lipinski definition) is 2. The Kier molecular flexibility index (Phi) is 3.18. The second-order valence-corrected chi connectivity index (χ2v) is 4.67. The second-order valence-electron chi connectivity index (χ2n) is 4.67. The number of nitrogens with zero attached hydrogens (tertiary/aromatic N) is 1. The molecule has 98 valence electrons. The molecule has 1 aliphatic rings. The number of nitrogens with one attached hydrogen (secondary N) is 2. The Balaban J connectivity index is 1.60. The molecule has 1 aromatic carbocycles. The minimum Gasteiger partial charge on any atom is -0.447 e. The number of aromatic nitrogens is 1. The van der Waals surface area contributed by atoms with Crippen molar-refractivity contribution in [3.05, 3.63) is 42.6 Å². The smallest absolute Gasteiger partial charge is 0.227 e. The van der Waals surface area contributed by atoms with Crippen molar-refractivity contribution in [2.75, 3.05) is 10.6 Å². The van der Waals surface area contributed by atoms with Gasteiger partial charge in [-0.1, -0.05) is 6.07 Å². The van der Waals surface area contributed by atoms with Crippen LogP contribution in [0.25, 0.3) is 0 Å². The van der Waals surface area contributed by atoms with Crippen molar-refractivity contribution >= 4 is 17.3 Å². The van der Waals surface area contributed by atoms with Crippen LogP contribution in [0.4, 0.5) is 11.4 Å². The van der Waals surface area contributed by atoms with Crippen LogP contribution in [0.1, 0.15) is 18.6 Å². The van der Waals surface area contributed by atoms with Crippen molar-refractivity contribution in [2.24, 2.45) is 5.92 Å². The number of carbonyl (C=O) groups excluding carboxylic acids is 1. The van der Waals surface area contributed by atoms with Gasteiger partial charge in [-0.25, -0.2) is 4.98 Å². The topological polar surface area (TPSA) is 67.2 Å². The lowest BCUT2D eigenvalue weighted by Gasteiger charge is -2.08. The zero-order chi connectivity index (χ0) is 13.1. The summed E-state index contributed by atoms with van der Waals surface area (Å²) >= 11 is 0. The maximum absolute atomic E-state index is 11.7. The van der Waals surface area contributed by atoms with Crippen LogP contribution in [0.2, 0.25) is 0 Å². The molecule has 5 nitrogen and oxygen atoms in total. The zero-order valence-electron chi connectivity index (χ0n) is 10.4. The van der Waals surface area contributed by atoms with E-state index in [1.165, 1.54) is 6.39 Å². The van der Waals surface area contributed by atoms with E-state index in [2.05, 4.69) is 15.6 Å². The van der Waals surface area contributed by atoms with Gasteiger partial charge in [0.05, 0.1) is 12.7 Å². The maximum atomic E-state index is 11.7. The molecule has 0 bridgehead atoms. The fourth-order valence-electron chi connectivity index (χ4n) is 1.82. The summed E-state index contributed by atoms with van der Waals surface area (Å²) in [5.74, 6) is 1.10. The zero-order valence-corrected chi connectivity index (χ0v) is 10.4. The fraction of sp³-hybridized carbons (Fsp3) is 0.286. The molecule has 2 N–H and O–H groups in total. The van der Waals surface area contributed by atoms with Crippen LogP contribution < -0.4 is 10.6 Å². The van der Waals surface area contributed by atoms with Crippen LogP contribution in [0, 0.1) is 5.92 Å². The van der Waals surface area contributed by atoms with E-state index < -0.39 is 0 Å². The molecule has 1 heterocycles. The Morgan fingerprint density at radius 1 is 1.37 bits per heavy atom. The molecule has 0 unspecified atom stereocenters. The van der Waals surface area contributed by atoms with E-state index in [0.29, 0.717) is 6.54 Å². The van der Waals surface area contributed by atoms with Crippen LogP contribution in [0.3, 0.4) is 0 Å². The van der Waals surface area contributed by atoms with Crippen molar-refractivity contribution in [2.45, 2.75) is 19.4 Å². The van der Waals surface area contributed by atoms with Gasteiger partial charge in [-0.2, -0.15) is 0 Å². The first kappa shape index (κ1) is 11.8. The van der Waals surface area contributed by atoms with Crippen molar-refractivity contribution in [3.63, 3.8) is 0 Å². The second kappa shape index (κ2) is 5.14. The third-order valence-corrected chi connectivity index (χ3v) is 3.03. The SMILES string of the molecule is O=C(Nc1cccc(NCc2cnco2)c1)C1CC1. The molecule has 1 fully saturated rings. The molecule has 1 aliphatic carbocycles. The minimum atomic E-state index is 0.118. The van der Waals surface area contributed by atoms with Gasteiger partial charge in [-0.3, -0.25) is 4.79 Å². The Morgan fingerprint density at radius 3 is 2.95 bits per heavy atom. The molecule has 0 radical (unpaired) electrons. The highest BCUT2D eigenvalue weighted by Crippen LogP contribution is 2.30. The largest absolute Gasteiger partial charge is 0.447 e. The molecule has 2 aromatic rings. The third-order valence-electron chi connectivity index (χ3n) is 3.03. The highest BCUT2D eigenvalue weighted by atomic mass is 16.3. The Bertz CT molecular complexity index is 562. The summed E-state index contributed by atoms with van der Waals surface area (Å²) in [7, 11) is 0.